The molecule has 0 aromatic carbocycles. The van der Waals surface area contributed by atoms with Gasteiger partial charge in [-0.1, -0.05) is 13.8 Å². The lowest BCUT2D eigenvalue weighted by Gasteiger charge is -2.28. The number of nitrogens with zero attached hydrogens (tertiary/aromatic N) is 3. The normalized spacial score (nSPS) is 29.3. The monoisotopic (exact) mass is 403 g/mol. The fourth-order valence-corrected chi connectivity index (χ4v) is 4.32. The molecule has 0 saturated carbocycles. The summed E-state index contributed by atoms with van der Waals surface area (Å²) in [5, 5.41) is 0. The second-order valence-corrected chi connectivity index (χ2v) is 8.96. The Morgan fingerprint density at radius 1 is 1.48 bits per heavy atom. The van der Waals surface area contributed by atoms with Crippen molar-refractivity contribution in [2.45, 2.75) is 45.4 Å². The van der Waals surface area contributed by atoms with E-state index in [0.717, 1.165) is 6.66 Å². The number of ether oxygens (including phenoxy) is 1. The number of hydrogen-bond donors (Lipinski definition) is 3. The van der Waals surface area contributed by atoms with Crippen molar-refractivity contribution < 1.29 is 23.1 Å². The number of aromatic nitrogens is 4. The number of nitrogen functional groups attached to an aromatic ring is 1. The molecule has 6 unspecified atom stereocenters. The Balaban J connectivity index is 2.00. The highest BCUT2D eigenvalue weighted by Crippen LogP contribution is 2.46. The van der Waals surface area contributed by atoms with Crippen LogP contribution in [0.2, 0.25) is 0 Å². The fourth-order valence-electron chi connectivity index (χ4n) is 3.59. The van der Waals surface area contributed by atoms with Crippen molar-refractivity contribution in [1.29, 1.82) is 0 Å². The second-order valence-electron chi connectivity index (χ2n) is 7.15. The zero-order valence-electron chi connectivity index (χ0n) is 15.4. The van der Waals surface area contributed by atoms with Gasteiger partial charge in [-0.05, 0) is 12.8 Å². The summed E-state index contributed by atoms with van der Waals surface area (Å²) >= 11 is 0. The van der Waals surface area contributed by atoms with E-state index in [0.29, 0.717) is 0 Å². The SMILES string of the molecule is CC(C)C1C(F)C(n2cnc3c(=O)[nH]c(N)nc32)OC1C(C)OP(C)(=O)O. The molecule has 2 aromatic heterocycles. The minimum absolute atomic E-state index is 0.0160. The molecule has 0 radical (unpaired) electrons. The number of halogens is 1. The predicted molar refractivity (Wildman–Crippen MR) is 96.0 cm³/mol. The van der Waals surface area contributed by atoms with Crippen molar-refractivity contribution in [3.8, 4) is 0 Å². The number of fused-ring (bicyclic) bond motifs is 1. The molecule has 1 aliphatic heterocycles. The quantitative estimate of drug-likeness (QED) is 0.636. The van der Waals surface area contributed by atoms with Crippen molar-refractivity contribution in [2.75, 3.05) is 12.4 Å². The summed E-state index contributed by atoms with van der Waals surface area (Å²) in [4.78, 5) is 31.8. The first kappa shape index (κ1) is 19.9. The Labute approximate surface area is 154 Å². The van der Waals surface area contributed by atoms with Crippen LogP contribution in [0.5, 0.6) is 0 Å². The average Bonchev–Trinajstić information content (AvgIpc) is 3.06. The summed E-state index contributed by atoms with van der Waals surface area (Å²) in [7, 11) is -3.78. The first-order valence-corrected chi connectivity index (χ1v) is 10.5. The summed E-state index contributed by atoms with van der Waals surface area (Å²) in [6.45, 7) is 6.30. The number of anilines is 1. The minimum Gasteiger partial charge on any atom is -0.369 e. The zero-order chi connectivity index (χ0) is 20.1. The van der Waals surface area contributed by atoms with Crippen molar-refractivity contribution in [3.63, 3.8) is 0 Å². The molecule has 1 aliphatic rings. The van der Waals surface area contributed by atoms with Gasteiger partial charge in [0, 0.05) is 12.6 Å². The van der Waals surface area contributed by atoms with E-state index in [1.807, 2.05) is 13.8 Å². The van der Waals surface area contributed by atoms with Crippen LogP contribution in [0.4, 0.5) is 10.3 Å². The van der Waals surface area contributed by atoms with Gasteiger partial charge < -0.3 is 19.9 Å². The van der Waals surface area contributed by atoms with Crippen molar-refractivity contribution in [1.82, 2.24) is 19.5 Å². The van der Waals surface area contributed by atoms with Crippen molar-refractivity contribution in [3.05, 3.63) is 16.7 Å². The summed E-state index contributed by atoms with van der Waals surface area (Å²) in [6, 6.07) is 0. The molecule has 3 heterocycles. The van der Waals surface area contributed by atoms with Gasteiger partial charge in [-0.25, -0.2) is 9.37 Å². The first-order chi connectivity index (χ1) is 12.5. The van der Waals surface area contributed by atoms with Gasteiger partial charge in [0.25, 0.3) is 5.56 Å². The topological polar surface area (TPSA) is 145 Å². The predicted octanol–water partition coefficient (Wildman–Crippen LogP) is 1.43. The molecule has 150 valence electrons. The van der Waals surface area contributed by atoms with Crippen LogP contribution in [0.1, 0.15) is 27.0 Å². The summed E-state index contributed by atoms with van der Waals surface area (Å²) in [5.74, 6) is -0.857. The standard InChI is InChI=1S/C15H23FN5O5P/c1-6(2)8-9(16)14(25-11(8)7(3)26-27(4,23)24)21-5-18-10-12(21)19-15(17)20-13(10)22/h5-9,11,14H,1-4H3,(H,23,24)(H3,17,19,20,22). The number of H-pyrrole nitrogens is 1. The number of alkyl halides is 1. The molecule has 0 aliphatic carbocycles. The van der Waals surface area contributed by atoms with Crippen LogP contribution >= 0.6 is 7.60 Å². The highest BCUT2D eigenvalue weighted by Gasteiger charge is 2.50. The molecule has 3 rings (SSSR count). The van der Waals surface area contributed by atoms with Gasteiger partial charge in [0.2, 0.25) is 5.95 Å². The van der Waals surface area contributed by atoms with Crippen molar-refractivity contribution in [2.24, 2.45) is 11.8 Å². The molecule has 6 atom stereocenters. The van der Waals surface area contributed by atoms with E-state index in [9.17, 15) is 14.3 Å². The van der Waals surface area contributed by atoms with Gasteiger partial charge in [-0.3, -0.25) is 18.9 Å². The van der Waals surface area contributed by atoms with Crippen LogP contribution in [-0.4, -0.2) is 49.5 Å². The third-order valence-electron chi connectivity index (χ3n) is 4.64. The number of aromatic amines is 1. The molecule has 27 heavy (non-hydrogen) atoms. The molecule has 10 nitrogen and oxygen atoms in total. The van der Waals surface area contributed by atoms with E-state index in [-0.39, 0.29) is 23.0 Å². The highest BCUT2D eigenvalue weighted by atomic mass is 31.2. The van der Waals surface area contributed by atoms with Gasteiger partial charge in [-0.15, -0.1) is 0 Å². The van der Waals surface area contributed by atoms with Gasteiger partial charge in [0.1, 0.15) is 0 Å². The van der Waals surface area contributed by atoms with Gasteiger partial charge in [-0.2, -0.15) is 4.98 Å². The molecule has 0 bridgehead atoms. The molecule has 0 spiro atoms. The molecular formula is C15H23FN5O5P. The Bertz CT molecular complexity index is 940. The van der Waals surface area contributed by atoms with E-state index in [1.54, 1.807) is 6.92 Å². The third kappa shape index (κ3) is 3.77. The van der Waals surface area contributed by atoms with Crippen LogP contribution in [-0.2, 0) is 13.8 Å². The van der Waals surface area contributed by atoms with Gasteiger partial charge in [0.15, 0.2) is 23.6 Å². The van der Waals surface area contributed by atoms with E-state index < -0.39 is 43.7 Å². The van der Waals surface area contributed by atoms with Crippen LogP contribution in [0.25, 0.3) is 11.2 Å². The van der Waals surface area contributed by atoms with Crippen LogP contribution in [0.15, 0.2) is 11.1 Å². The number of imidazole rings is 1. The number of hydrogen-bond acceptors (Lipinski definition) is 7. The lowest BCUT2D eigenvalue weighted by Crippen LogP contribution is -2.35. The summed E-state index contributed by atoms with van der Waals surface area (Å²) < 4.78 is 39.3. The number of nitrogens with two attached hydrogens (primary N) is 1. The lowest BCUT2D eigenvalue weighted by molar-refractivity contribution is -0.0631. The summed E-state index contributed by atoms with van der Waals surface area (Å²) in [6.07, 6.45) is -2.93. The Morgan fingerprint density at radius 3 is 2.74 bits per heavy atom. The molecule has 1 fully saturated rings. The van der Waals surface area contributed by atoms with E-state index >= 15 is 4.39 Å². The van der Waals surface area contributed by atoms with Crippen molar-refractivity contribution >= 4 is 24.7 Å². The first-order valence-electron chi connectivity index (χ1n) is 8.50. The van der Waals surface area contributed by atoms with Gasteiger partial charge >= 0.3 is 7.60 Å². The van der Waals surface area contributed by atoms with E-state index in [4.69, 9.17) is 15.0 Å². The zero-order valence-corrected chi connectivity index (χ0v) is 16.3. The summed E-state index contributed by atoms with van der Waals surface area (Å²) in [5.41, 5.74) is 5.17. The molecule has 0 amide bonds. The smallest absolute Gasteiger partial charge is 0.325 e. The highest BCUT2D eigenvalue weighted by molar-refractivity contribution is 7.51. The number of nitrogens with one attached hydrogen (secondary N) is 1. The average molecular weight is 403 g/mol. The van der Waals surface area contributed by atoms with E-state index in [2.05, 4.69) is 15.0 Å². The largest absolute Gasteiger partial charge is 0.369 e. The Hall–Kier alpha value is -1.81. The minimum atomic E-state index is -3.78. The molecule has 2 aromatic rings. The maximum Gasteiger partial charge on any atom is 0.325 e. The Kier molecular flexibility index (Phi) is 5.15. The van der Waals surface area contributed by atoms with E-state index in [1.165, 1.54) is 10.9 Å². The molecule has 12 heteroatoms. The third-order valence-corrected chi connectivity index (χ3v) is 5.36. The van der Waals surface area contributed by atoms with Crippen LogP contribution in [0, 0.1) is 11.8 Å². The fraction of sp³-hybridized carbons (Fsp3) is 0.667. The molecule has 4 N–H and O–H groups in total. The van der Waals surface area contributed by atoms with Crippen LogP contribution in [0.3, 0.4) is 0 Å². The van der Waals surface area contributed by atoms with Gasteiger partial charge in [0.05, 0.1) is 18.5 Å². The number of rotatable bonds is 5. The molecule has 1 saturated heterocycles. The lowest BCUT2D eigenvalue weighted by atomic mass is 9.85. The maximum absolute atomic E-state index is 15.3. The second kappa shape index (κ2) is 6.97. The molecular weight excluding hydrogens is 380 g/mol. The maximum atomic E-state index is 15.3. The Morgan fingerprint density at radius 2 is 2.15 bits per heavy atom. The van der Waals surface area contributed by atoms with Crippen LogP contribution < -0.4 is 11.3 Å².